The fourth-order valence-electron chi connectivity index (χ4n) is 2.17. The van der Waals surface area contributed by atoms with Gasteiger partial charge < -0.3 is 15.2 Å². The van der Waals surface area contributed by atoms with Gasteiger partial charge in [-0.3, -0.25) is 0 Å². The number of nitrogens with one attached hydrogen (secondary N) is 1. The summed E-state index contributed by atoms with van der Waals surface area (Å²) in [4.78, 5) is 10.9. The third-order valence-electron chi connectivity index (χ3n) is 3.46. The van der Waals surface area contributed by atoms with Gasteiger partial charge in [0.25, 0.3) is 0 Å². The summed E-state index contributed by atoms with van der Waals surface area (Å²) in [6.45, 7) is 3.96. The first kappa shape index (κ1) is 14.9. The molecule has 0 heterocycles. The van der Waals surface area contributed by atoms with Gasteiger partial charge in [0.15, 0.2) is 0 Å². The van der Waals surface area contributed by atoms with Crippen LogP contribution in [0.3, 0.4) is 0 Å². The van der Waals surface area contributed by atoms with E-state index in [-0.39, 0.29) is 6.04 Å². The highest BCUT2D eigenvalue weighted by Crippen LogP contribution is 2.24. The molecule has 110 valence electrons. The predicted octanol–water partition coefficient (Wildman–Crippen LogP) is 3.87. The Morgan fingerprint density at radius 3 is 2.38 bits per heavy atom. The highest BCUT2D eigenvalue weighted by atomic mass is 16.5. The molecule has 4 nitrogen and oxygen atoms in total. The number of carboxylic acid groups (broad SMARTS) is 1. The van der Waals surface area contributed by atoms with E-state index < -0.39 is 5.97 Å². The fraction of sp³-hybridized carbons (Fsp3) is 0.235. The Morgan fingerprint density at radius 1 is 1.19 bits per heavy atom. The summed E-state index contributed by atoms with van der Waals surface area (Å²) < 4.78 is 5.15. The van der Waals surface area contributed by atoms with Crippen LogP contribution in [0.25, 0.3) is 0 Å². The van der Waals surface area contributed by atoms with Crippen LogP contribution in [0.5, 0.6) is 5.75 Å². The molecule has 0 spiro atoms. The maximum absolute atomic E-state index is 10.9. The van der Waals surface area contributed by atoms with Crippen LogP contribution in [0.2, 0.25) is 0 Å². The van der Waals surface area contributed by atoms with E-state index >= 15 is 0 Å². The van der Waals surface area contributed by atoms with Crippen molar-refractivity contribution < 1.29 is 14.6 Å². The standard InChI is InChI=1S/C17H19NO3/c1-11-10-14(17(19)20)6-9-16(11)18-12(2)13-4-7-15(21-3)8-5-13/h4-10,12,18H,1-3H3,(H,19,20). The van der Waals surface area contributed by atoms with Gasteiger partial charge in [-0.25, -0.2) is 4.79 Å². The van der Waals surface area contributed by atoms with Crippen LogP contribution >= 0.6 is 0 Å². The van der Waals surface area contributed by atoms with Gasteiger partial charge in [0.05, 0.1) is 12.7 Å². The van der Waals surface area contributed by atoms with Crippen molar-refractivity contribution in [1.29, 1.82) is 0 Å². The van der Waals surface area contributed by atoms with Gasteiger partial charge in [0, 0.05) is 11.7 Å². The summed E-state index contributed by atoms with van der Waals surface area (Å²) in [7, 11) is 1.64. The molecule has 0 radical (unpaired) electrons. The van der Waals surface area contributed by atoms with E-state index in [1.54, 1.807) is 25.3 Å². The average molecular weight is 285 g/mol. The summed E-state index contributed by atoms with van der Waals surface area (Å²) >= 11 is 0. The average Bonchev–Trinajstić information content (AvgIpc) is 2.49. The van der Waals surface area contributed by atoms with Crippen molar-refractivity contribution in [3.8, 4) is 5.75 Å². The lowest BCUT2D eigenvalue weighted by atomic mass is 10.1. The van der Waals surface area contributed by atoms with Crippen LogP contribution in [0.15, 0.2) is 42.5 Å². The smallest absolute Gasteiger partial charge is 0.335 e. The minimum atomic E-state index is -0.909. The minimum absolute atomic E-state index is 0.116. The largest absolute Gasteiger partial charge is 0.497 e. The second-order valence-corrected chi connectivity index (χ2v) is 4.97. The molecule has 0 aliphatic heterocycles. The quantitative estimate of drug-likeness (QED) is 0.875. The normalized spacial score (nSPS) is 11.8. The third-order valence-corrected chi connectivity index (χ3v) is 3.46. The van der Waals surface area contributed by atoms with Crippen molar-refractivity contribution in [2.24, 2.45) is 0 Å². The summed E-state index contributed by atoms with van der Waals surface area (Å²) in [5.74, 6) is -0.0826. The molecule has 0 aromatic heterocycles. The molecule has 2 aromatic rings. The number of anilines is 1. The van der Waals surface area contributed by atoms with Crippen molar-refractivity contribution in [3.63, 3.8) is 0 Å². The number of carbonyl (C=O) groups is 1. The Kier molecular flexibility index (Phi) is 4.48. The Labute approximate surface area is 124 Å². The van der Waals surface area contributed by atoms with Gasteiger partial charge in [-0.1, -0.05) is 12.1 Å². The number of benzene rings is 2. The number of methoxy groups -OCH3 is 1. The molecule has 0 bridgehead atoms. The molecule has 0 aliphatic carbocycles. The van der Waals surface area contributed by atoms with E-state index in [9.17, 15) is 4.79 Å². The van der Waals surface area contributed by atoms with Crippen molar-refractivity contribution >= 4 is 11.7 Å². The van der Waals surface area contributed by atoms with Gasteiger partial charge in [-0.05, 0) is 55.3 Å². The van der Waals surface area contributed by atoms with E-state index in [0.29, 0.717) is 5.56 Å². The molecular weight excluding hydrogens is 266 g/mol. The molecule has 0 saturated carbocycles. The zero-order valence-corrected chi connectivity index (χ0v) is 12.4. The van der Waals surface area contributed by atoms with E-state index in [2.05, 4.69) is 12.2 Å². The van der Waals surface area contributed by atoms with Crippen molar-refractivity contribution in [2.45, 2.75) is 19.9 Å². The molecule has 1 atom stereocenters. The van der Waals surface area contributed by atoms with Crippen molar-refractivity contribution in [1.82, 2.24) is 0 Å². The molecular formula is C17H19NO3. The van der Waals surface area contributed by atoms with Gasteiger partial charge in [0.1, 0.15) is 5.75 Å². The lowest BCUT2D eigenvalue weighted by Crippen LogP contribution is -2.08. The Balaban J connectivity index is 2.14. The van der Waals surface area contributed by atoms with E-state index in [0.717, 1.165) is 22.6 Å². The summed E-state index contributed by atoms with van der Waals surface area (Å²) in [5, 5.41) is 12.4. The van der Waals surface area contributed by atoms with Crippen LogP contribution < -0.4 is 10.1 Å². The first-order chi connectivity index (χ1) is 10.0. The van der Waals surface area contributed by atoms with Crippen LogP contribution in [-0.2, 0) is 0 Å². The summed E-state index contributed by atoms with van der Waals surface area (Å²) in [6.07, 6.45) is 0. The van der Waals surface area contributed by atoms with Crippen LogP contribution in [0.4, 0.5) is 5.69 Å². The maximum atomic E-state index is 10.9. The van der Waals surface area contributed by atoms with Crippen LogP contribution in [0, 0.1) is 6.92 Å². The maximum Gasteiger partial charge on any atom is 0.335 e. The highest BCUT2D eigenvalue weighted by Gasteiger charge is 2.09. The molecule has 1 unspecified atom stereocenters. The zero-order chi connectivity index (χ0) is 15.4. The monoisotopic (exact) mass is 285 g/mol. The number of rotatable bonds is 5. The second kappa shape index (κ2) is 6.31. The van der Waals surface area contributed by atoms with Gasteiger partial charge in [-0.2, -0.15) is 0 Å². The number of ether oxygens (including phenoxy) is 1. The van der Waals surface area contributed by atoms with Crippen LogP contribution in [0.1, 0.15) is 34.5 Å². The number of carboxylic acids is 1. The lowest BCUT2D eigenvalue weighted by Gasteiger charge is -2.18. The number of hydrogen-bond acceptors (Lipinski definition) is 3. The zero-order valence-electron chi connectivity index (χ0n) is 12.4. The molecule has 0 aliphatic rings. The lowest BCUT2D eigenvalue weighted by molar-refractivity contribution is 0.0697. The Bertz CT molecular complexity index is 635. The molecule has 2 rings (SSSR count). The topological polar surface area (TPSA) is 58.6 Å². The van der Waals surface area contributed by atoms with Crippen LogP contribution in [-0.4, -0.2) is 18.2 Å². The Morgan fingerprint density at radius 2 is 1.86 bits per heavy atom. The first-order valence-corrected chi connectivity index (χ1v) is 6.75. The van der Waals surface area contributed by atoms with Gasteiger partial charge >= 0.3 is 5.97 Å². The highest BCUT2D eigenvalue weighted by molar-refractivity contribution is 5.88. The van der Waals surface area contributed by atoms with E-state index in [1.165, 1.54) is 0 Å². The predicted molar refractivity (Wildman–Crippen MR) is 83.2 cm³/mol. The fourth-order valence-corrected chi connectivity index (χ4v) is 2.17. The van der Waals surface area contributed by atoms with Gasteiger partial charge in [-0.15, -0.1) is 0 Å². The molecule has 0 amide bonds. The Hall–Kier alpha value is -2.49. The molecule has 0 fully saturated rings. The summed E-state index contributed by atoms with van der Waals surface area (Å²) in [6, 6.07) is 13.1. The van der Waals surface area contributed by atoms with Crippen molar-refractivity contribution in [2.75, 3.05) is 12.4 Å². The van der Waals surface area contributed by atoms with E-state index in [4.69, 9.17) is 9.84 Å². The number of hydrogen-bond donors (Lipinski definition) is 2. The minimum Gasteiger partial charge on any atom is -0.497 e. The molecule has 0 saturated heterocycles. The third kappa shape index (κ3) is 3.54. The SMILES string of the molecule is COc1ccc(C(C)Nc2ccc(C(=O)O)cc2C)cc1. The van der Waals surface area contributed by atoms with Crippen molar-refractivity contribution in [3.05, 3.63) is 59.2 Å². The van der Waals surface area contributed by atoms with Gasteiger partial charge in [0.2, 0.25) is 0 Å². The molecule has 4 heteroatoms. The second-order valence-electron chi connectivity index (χ2n) is 4.97. The summed E-state index contributed by atoms with van der Waals surface area (Å²) in [5.41, 5.74) is 3.28. The molecule has 2 N–H and O–H groups in total. The van der Waals surface area contributed by atoms with E-state index in [1.807, 2.05) is 31.2 Å². The molecule has 2 aromatic carbocycles. The molecule has 21 heavy (non-hydrogen) atoms. The number of aromatic carboxylic acids is 1. The first-order valence-electron chi connectivity index (χ1n) is 6.75. The number of aryl methyl sites for hydroxylation is 1.